The summed E-state index contributed by atoms with van der Waals surface area (Å²) in [4.78, 5) is 10.6. The maximum absolute atomic E-state index is 13.6. The first-order valence-electron chi connectivity index (χ1n) is 5.43. The number of hydrogen-bond acceptors (Lipinski definition) is 1. The number of carboxylic acid groups (broad SMARTS) is 1. The first-order chi connectivity index (χ1) is 8.97. The van der Waals surface area contributed by atoms with E-state index in [9.17, 15) is 18.0 Å². The second-order valence-corrected chi connectivity index (χ2v) is 4.00. The average molecular weight is 266 g/mol. The van der Waals surface area contributed by atoms with E-state index in [4.69, 9.17) is 5.11 Å². The van der Waals surface area contributed by atoms with Crippen molar-refractivity contribution in [1.29, 1.82) is 0 Å². The maximum Gasteiger partial charge on any atom is 0.307 e. The van der Waals surface area contributed by atoms with Crippen LogP contribution in [-0.4, -0.2) is 11.1 Å². The summed E-state index contributed by atoms with van der Waals surface area (Å²) in [6, 6.07) is 6.44. The van der Waals surface area contributed by atoms with Gasteiger partial charge < -0.3 is 5.11 Å². The van der Waals surface area contributed by atoms with Gasteiger partial charge in [0.15, 0.2) is 0 Å². The van der Waals surface area contributed by atoms with Crippen LogP contribution in [0.3, 0.4) is 0 Å². The number of rotatable bonds is 3. The molecule has 2 aromatic carbocycles. The van der Waals surface area contributed by atoms with E-state index in [0.717, 1.165) is 24.3 Å². The molecular formula is C14H9F3O2. The van der Waals surface area contributed by atoms with Crippen molar-refractivity contribution >= 4 is 5.97 Å². The van der Waals surface area contributed by atoms with Crippen molar-refractivity contribution in [2.45, 2.75) is 6.42 Å². The molecule has 0 aromatic heterocycles. The molecule has 0 bridgehead atoms. The number of aliphatic carboxylic acids is 1. The lowest BCUT2D eigenvalue weighted by atomic mass is 10.0. The van der Waals surface area contributed by atoms with Gasteiger partial charge in [-0.1, -0.05) is 6.07 Å². The van der Waals surface area contributed by atoms with Gasteiger partial charge in [0.05, 0.1) is 6.42 Å². The predicted octanol–water partition coefficient (Wildman–Crippen LogP) is 3.40. The molecule has 0 aliphatic rings. The number of hydrogen-bond donors (Lipinski definition) is 1. The van der Waals surface area contributed by atoms with Gasteiger partial charge in [-0.2, -0.15) is 0 Å². The summed E-state index contributed by atoms with van der Waals surface area (Å²) in [5.74, 6) is -3.17. The van der Waals surface area contributed by atoms with Crippen LogP contribution in [0.1, 0.15) is 5.56 Å². The van der Waals surface area contributed by atoms with Crippen LogP contribution in [0.5, 0.6) is 0 Å². The smallest absolute Gasteiger partial charge is 0.307 e. The van der Waals surface area contributed by atoms with Crippen molar-refractivity contribution in [3.05, 3.63) is 59.4 Å². The highest BCUT2D eigenvalue weighted by atomic mass is 19.1. The summed E-state index contributed by atoms with van der Waals surface area (Å²) in [6.45, 7) is 0. The fourth-order valence-electron chi connectivity index (χ4n) is 1.76. The van der Waals surface area contributed by atoms with Crippen LogP contribution in [0.2, 0.25) is 0 Å². The topological polar surface area (TPSA) is 37.3 Å². The van der Waals surface area contributed by atoms with E-state index in [1.54, 1.807) is 0 Å². The number of carbonyl (C=O) groups is 1. The summed E-state index contributed by atoms with van der Waals surface area (Å²) >= 11 is 0. The summed E-state index contributed by atoms with van der Waals surface area (Å²) < 4.78 is 40.1. The zero-order valence-corrected chi connectivity index (χ0v) is 9.66. The first-order valence-corrected chi connectivity index (χ1v) is 5.43. The van der Waals surface area contributed by atoms with Gasteiger partial charge in [0.25, 0.3) is 0 Å². The quantitative estimate of drug-likeness (QED) is 0.924. The van der Waals surface area contributed by atoms with Gasteiger partial charge in [0.1, 0.15) is 17.5 Å². The van der Waals surface area contributed by atoms with Crippen LogP contribution in [0.25, 0.3) is 11.1 Å². The molecule has 5 heteroatoms. The van der Waals surface area contributed by atoms with Crippen molar-refractivity contribution < 1.29 is 23.1 Å². The molecule has 98 valence electrons. The third-order valence-corrected chi connectivity index (χ3v) is 2.63. The molecule has 0 amide bonds. The highest BCUT2D eigenvalue weighted by molar-refractivity contribution is 5.72. The molecule has 0 atom stereocenters. The summed E-state index contributed by atoms with van der Waals surface area (Å²) in [5, 5.41) is 8.65. The lowest BCUT2D eigenvalue weighted by molar-refractivity contribution is -0.136. The zero-order valence-electron chi connectivity index (χ0n) is 9.66. The molecule has 0 aliphatic heterocycles. The Morgan fingerprint density at radius 1 is 1.00 bits per heavy atom. The predicted molar refractivity (Wildman–Crippen MR) is 63.1 cm³/mol. The molecule has 0 aliphatic carbocycles. The molecule has 1 N–H and O–H groups in total. The van der Waals surface area contributed by atoms with Gasteiger partial charge in [0.2, 0.25) is 0 Å². The normalized spacial score (nSPS) is 10.5. The highest BCUT2D eigenvalue weighted by Crippen LogP contribution is 2.26. The minimum Gasteiger partial charge on any atom is -0.481 e. The third kappa shape index (κ3) is 2.93. The van der Waals surface area contributed by atoms with E-state index >= 15 is 0 Å². The van der Waals surface area contributed by atoms with Crippen molar-refractivity contribution in [2.24, 2.45) is 0 Å². The largest absolute Gasteiger partial charge is 0.481 e. The molecule has 0 spiro atoms. The second kappa shape index (κ2) is 5.14. The SMILES string of the molecule is O=C(O)Cc1cc(-c2cc(F)ccc2F)ccc1F. The molecule has 19 heavy (non-hydrogen) atoms. The van der Waals surface area contributed by atoms with E-state index in [2.05, 4.69) is 0 Å². The van der Waals surface area contributed by atoms with Crippen molar-refractivity contribution in [2.75, 3.05) is 0 Å². The summed E-state index contributed by atoms with van der Waals surface area (Å²) in [6.07, 6.45) is -0.517. The van der Waals surface area contributed by atoms with Crippen molar-refractivity contribution in [3.63, 3.8) is 0 Å². The molecule has 2 aromatic rings. The zero-order chi connectivity index (χ0) is 14.0. The van der Waals surface area contributed by atoms with Crippen molar-refractivity contribution in [3.8, 4) is 11.1 Å². The standard InChI is InChI=1S/C14H9F3O2/c15-10-2-4-13(17)11(7-10)8-1-3-12(16)9(5-8)6-14(18)19/h1-5,7H,6H2,(H,18,19). The number of benzene rings is 2. The van der Waals surface area contributed by atoms with Gasteiger partial charge in [-0.15, -0.1) is 0 Å². The Balaban J connectivity index is 2.51. The molecule has 0 saturated heterocycles. The van der Waals surface area contributed by atoms with Crippen LogP contribution in [0.4, 0.5) is 13.2 Å². The number of carboxylic acids is 1. The number of halogens is 3. The summed E-state index contributed by atoms with van der Waals surface area (Å²) in [5.41, 5.74) is 0.120. The Morgan fingerprint density at radius 3 is 2.37 bits per heavy atom. The molecule has 2 nitrogen and oxygen atoms in total. The van der Waals surface area contributed by atoms with Gasteiger partial charge >= 0.3 is 5.97 Å². The second-order valence-electron chi connectivity index (χ2n) is 4.00. The van der Waals surface area contributed by atoms with Crippen molar-refractivity contribution in [1.82, 2.24) is 0 Å². The van der Waals surface area contributed by atoms with E-state index < -0.39 is 29.8 Å². The Hall–Kier alpha value is -2.30. The minimum absolute atomic E-state index is 0.0355. The molecule has 0 heterocycles. The van der Waals surface area contributed by atoms with E-state index in [0.29, 0.717) is 0 Å². The summed E-state index contributed by atoms with van der Waals surface area (Å²) in [7, 11) is 0. The van der Waals surface area contributed by atoms with Gasteiger partial charge in [0, 0.05) is 5.56 Å². The molecule has 2 rings (SSSR count). The van der Waals surface area contributed by atoms with Gasteiger partial charge in [-0.25, -0.2) is 13.2 Å². The minimum atomic E-state index is -1.20. The van der Waals surface area contributed by atoms with Crippen LogP contribution in [0, 0.1) is 17.5 Å². The van der Waals surface area contributed by atoms with E-state index in [1.807, 2.05) is 0 Å². The monoisotopic (exact) mass is 266 g/mol. The molecule has 0 unspecified atom stereocenters. The Labute approximate surface area is 107 Å². The average Bonchev–Trinajstić information content (AvgIpc) is 2.34. The first kappa shape index (κ1) is 13.1. The Bertz CT molecular complexity index is 639. The molecule has 0 saturated carbocycles. The lowest BCUT2D eigenvalue weighted by Crippen LogP contribution is -2.02. The van der Waals surface area contributed by atoms with Crippen LogP contribution in [-0.2, 0) is 11.2 Å². The van der Waals surface area contributed by atoms with E-state index in [1.165, 1.54) is 12.1 Å². The Morgan fingerprint density at radius 2 is 1.68 bits per heavy atom. The van der Waals surface area contributed by atoms with E-state index in [-0.39, 0.29) is 16.7 Å². The van der Waals surface area contributed by atoms with Gasteiger partial charge in [-0.3, -0.25) is 4.79 Å². The molecule has 0 radical (unpaired) electrons. The van der Waals surface area contributed by atoms with Crippen LogP contribution in [0.15, 0.2) is 36.4 Å². The lowest BCUT2D eigenvalue weighted by Gasteiger charge is -2.07. The fourth-order valence-corrected chi connectivity index (χ4v) is 1.76. The third-order valence-electron chi connectivity index (χ3n) is 2.63. The van der Waals surface area contributed by atoms with Crippen LogP contribution < -0.4 is 0 Å². The van der Waals surface area contributed by atoms with Crippen LogP contribution >= 0.6 is 0 Å². The highest BCUT2D eigenvalue weighted by Gasteiger charge is 2.12. The molecule has 0 fully saturated rings. The fraction of sp³-hybridized carbons (Fsp3) is 0.0714. The maximum atomic E-state index is 13.6. The Kier molecular flexibility index (Phi) is 3.55. The van der Waals surface area contributed by atoms with Gasteiger partial charge in [-0.05, 0) is 41.5 Å². The molecular weight excluding hydrogens is 257 g/mol.